The van der Waals surface area contributed by atoms with Gasteiger partial charge >= 0.3 is 0 Å². The van der Waals surface area contributed by atoms with E-state index in [2.05, 4.69) is 34.4 Å². The van der Waals surface area contributed by atoms with E-state index in [9.17, 15) is 0 Å². The molecule has 0 spiro atoms. The smallest absolute Gasteiger partial charge is 0.136 e. The minimum atomic E-state index is 0.382. The number of nitrogens with one attached hydrogen (secondary N) is 2. The number of nitrogens with zero attached hydrogens (tertiary/aromatic N) is 2. The number of rotatable bonds is 5. The van der Waals surface area contributed by atoms with Gasteiger partial charge in [-0.1, -0.05) is 18.5 Å². The van der Waals surface area contributed by atoms with Crippen molar-refractivity contribution < 1.29 is 0 Å². The molecule has 5 heteroatoms. The summed E-state index contributed by atoms with van der Waals surface area (Å²) in [5.41, 5.74) is 0.946. The van der Waals surface area contributed by atoms with Crippen LogP contribution < -0.4 is 10.6 Å². The number of anilines is 3. The van der Waals surface area contributed by atoms with Crippen LogP contribution in [0.4, 0.5) is 17.3 Å². The van der Waals surface area contributed by atoms with Gasteiger partial charge in [-0.05, 0) is 44.5 Å². The summed E-state index contributed by atoms with van der Waals surface area (Å²) in [6.07, 6.45) is 1.04. The van der Waals surface area contributed by atoms with Crippen LogP contribution in [0.25, 0.3) is 0 Å². The molecule has 0 fully saturated rings. The van der Waals surface area contributed by atoms with Crippen LogP contribution in [0.1, 0.15) is 26.1 Å². The number of hydrogen-bond acceptors (Lipinski definition) is 4. The van der Waals surface area contributed by atoms with Crippen molar-refractivity contribution >= 4 is 28.9 Å². The van der Waals surface area contributed by atoms with Crippen molar-refractivity contribution in [2.75, 3.05) is 10.6 Å². The molecule has 0 amide bonds. The molecule has 1 unspecified atom stereocenters. The topological polar surface area (TPSA) is 49.8 Å². The molecular weight excluding hydrogens is 272 g/mol. The second-order valence-electron chi connectivity index (χ2n) is 4.77. The molecule has 2 aromatic rings. The minimum absolute atomic E-state index is 0.382. The molecule has 0 bridgehead atoms. The zero-order valence-corrected chi connectivity index (χ0v) is 12.7. The number of hydrogen-bond donors (Lipinski definition) is 2. The number of aromatic nitrogens is 2. The summed E-state index contributed by atoms with van der Waals surface area (Å²) >= 11 is 5.87. The predicted octanol–water partition coefficient (Wildman–Crippen LogP) is 4.39. The first-order valence-corrected chi connectivity index (χ1v) is 7.09. The average Bonchev–Trinajstić information content (AvgIpc) is 2.40. The maximum Gasteiger partial charge on any atom is 0.136 e. The largest absolute Gasteiger partial charge is 0.367 e. The van der Waals surface area contributed by atoms with E-state index in [4.69, 9.17) is 11.6 Å². The molecule has 4 nitrogen and oxygen atoms in total. The van der Waals surface area contributed by atoms with E-state index >= 15 is 0 Å². The quantitative estimate of drug-likeness (QED) is 0.857. The maximum absolute atomic E-state index is 5.87. The summed E-state index contributed by atoms with van der Waals surface area (Å²) in [4.78, 5) is 8.78. The first-order chi connectivity index (χ1) is 9.56. The third-order valence-electron chi connectivity index (χ3n) is 2.96. The van der Waals surface area contributed by atoms with Gasteiger partial charge in [0.2, 0.25) is 0 Å². The Bertz CT molecular complexity index is 569. The molecule has 1 aromatic carbocycles. The lowest BCUT2D eigenvalue weighted by Crippen LogP contribution is -2.15. The highest BCUT2D eigenvalue weighted by Gasteiger charge is 2.05. The van der Waals surface area contributed by atoms with Crippen molar-refractivity contribution in [2.24, 2.45) is 0 Å². The van der Waals surface area contributed by atoms with Crippen molar-refractivity contribution in [1.29, 1.82) is 0 Å². The lowest BCUT2D eigenvalue weighted by Gasteiger charge is -2.14. The number of benzene rings is 1. The molecule has 0 saturated heterocycles. The van der Waals surface area contributed by atoms with Gasteiger partial charge in [-0.2, -0.15) is 0 Å². The van der Waals surface area contributed by atoms with Gasteiger partial charge in [0.05, 0.1) is 0 Å². The lowest BCUT2D eigenvalue weighted by molar-refractivity contribution is 0.757. The molecular formula is C15H19ClN4. The van der Waals surface area contributed by atoms with Gasteiger partial charge in [-0.15, -0.1) is 0 Å². The van der Waals surface area contributed by atoms with Gasteiger partial charge < -0.3 is 10.6 Å². The molecule has 0 aliphatic carbocycles. The van der Waals surface area contributed by atoms with Crippen molar-refractivity contribution in [2.45, 2.75) is 33.2 Å². The van der Waals surface area contributed by atoms with E-state index in [1.807, 2.05) is 37.3 Å². The van der Waals surface area contributed by atoms with Crippen LogP contribution in [0.2, 0.25) is 5.02 Å². The highest BCUT2D eigenvalue weighted by atomic mass is 35.5. The predicted molar refractivity (Wildman–Crippen MR) is 84.9 cm³/mol. The molecule has 2 N–H and O–H groups in total. The molecule has 106 valence electrons. The first-order valence-electron chi connectivity index (χ1n) is 6.71. The standard InChI is InChI=1S/C15H19ClN4/c1-4-10(2)17-14-9-15(19-11(3)18-14)20-13-7-5-12(16)6-8-13/h5-10H,4H2,1-3H3,(H2,17,18,19,20). The van der Waals surface area contributed by atoms with Crippen LogP contribution >= 0.6 is 11.6 Å². The van der Waals surface area contributed by atoms with Gasteiger partial charge in [-0.25, -0.2) is 9.97 Å². The van der Waals surface area contributed by atoms with Crippen molar-refractivity contribution in [1.82, 2.24) is 9.97 Å². The second-order valence-corrected chi connectivity index (χ2v) is 5.21. The third kappa shape index (κ3) is 4.10. The average molecular weight is 291 g/mol. The van der Waals surface area contributed by atoms with E-state index in [-0.39, 0.29) is 0 Å². The van der Waals surface area contributed by atoms with Gasteiger partial charge in [0, 0.05) is 22.8 Å². The Labute approximate surface area is 124 Å². The molecule has 2 rings (SSSR count). The van der Waals surface area contributed by atoms with Crippen LogP contribution in [0, 0.1) is 6.92 Å². The summed E-state index contributed by atoms with van der Waals surface area (Å²) in [5.74, 6) is 2.34. The summed E-state index contributed by atoms with van der Waals surface area (Å²) in [6, 6.07) is 9.82. The van der Waals surface area contributed by atoms with Gasteiger partial charge in [-0.3, -0.25) is 0 Å². The summed E-state index contributed by atoms with van der Waals surface area (Å²) in [5, 5.41) is 7.33. The van der Waals surface area contributed by atoms with Crippen LogP contribution in [0.3, 0.4) is 0 Å². The molecule has 1 heterocycles. The normalized spacial score (nSPS) is 12.0. The fourth-order valence-electron chi connectivity index (χ4n) is 1.74. The van der Waals surface area contributed by atoms with Gasteiger partial charge in [0.1, 0.15) is 17.5 Å². The summed E-state index contributed by atoms with van der Waals surface area (Å²) in [6.45, 7) is 6.15. The Balaban J connectivity index is 2.17. The van der Waals surface area contributed by atoms with Crippen molar-refractivity contribution in [3.8, 4) is 0 Å². The minimum Gasteiger partial charge on any atom is -0.367 e. The maximum atomic E-state index is 5.87. The van der Waals surface area contributed by atoms with E-state index in [0.717, 1.165) is 29.6 Å². The highest BCUT2D eigenvalue weighted by molar-refractivity contribution is 6.30. The number of aryl methyl sites for hydroxylation is 1. The van der Waals surface area contributed by atoms with Gasteiger partial charge in [0.25, 0.3) is 0 Å². The Morgan fingerprint density at radius 2 is 1.80 bits per heavy atom. The Morgan fingerprint density at radius 3 is 2.45 bits per heavy atom. The lowest BCUT2D eigenvalue weighted by atomic mass is 10.2. The van der Waals surface area contributed by atoms with E-state index < -0.39 is 0 Å². The summed E-state index contributed by atoms with van der Waals surface area (Å²) < 4.78 is 0. The second kappa shape index (κ2) is 6.57. The fraction of sp³-hybridized carbons (Fsp3) is 0.333. The molecule has 0 saturated carbocycles. The molecule has 0 aliphatic rings. The molecule has 20 heavy (non-hydrogen) atoms. The highest BCUT2D eigenvalue weighted by Crippen LogP contribution is 2.20. The molecule has 0 aliphatic heterocycles. The third-order valence-corrected chi connectivity index (χ3v) is 3.21. The SMILES string of the molecule is CCC(C)Nc1cc(Nc2ccc(Cl)cc2)nc(C)n1. The fourth-order valence-corrected chi connectivity index (χ4v) is 1.87. The Kier molecular flexibility index (Phi) is 4.79. The zero-order chi connectivity index (χ0) is 14.5. The first kappa shape index (κ1) is 14.6. The zero-order valence-electron chi connectivity index (χ0n) is 11.9. The number of halogens is 1. The molecule has 1 aromatic heterocycles. The molecule has 0 radical (unpaired) electrons. The van der Waals surface area contributed by atoms with E-state index in [0.29, 0.717) is 11.1 Å². The Hall–Kier alpha value is -1.81. The van der Waals surface area contributed by atoms with Crippen LogP contribution in [0.5, 0.6) is 0 Å². The summed E-state index contributed by atoms with van der Waals surface area (Å²) in [7, 11) is 0. The van der Waals surface area contributed by atoms with Crippen molar-refractivity contribution in [3.63, 3.8) is 0 Å². The Morgan fingerprint density at radius 1 is 1.15 bits per heavy atom. The van der Waals surface area contributed by atoms with Crippen molar-refractivity contribution in [3.05, 3.63) is 41.2 Å². The van der Waals surface area contributed by atoms with Crippen LogP contribution in [0.15, 0.2) is 30.3 Å². The monoisotopic (exact) mass is 290 g/mol. The van der Waals surface area contributed by atoms with E-state index in [1.165, 1.54) is 0 Å². The van der Waals surface area contributed by atoms with Crippen LogP contribution in [-0.4, -0.2) is 16.0 Å². The van der Waals surface area contributed by atoms with Gasteiger partial charge in [0.15, 0.2) is 0 Å². The molecule has 1 atom stereocenters. The van der Waals surface area contributed by atoms with Crippen LogP contribution in [-0.2, 0) is 0 Å². The van der Waals surface area contributed by atoms with E-state index in [1.54, 1.807) is 0 Å².